The monoisotopic (exact) mass is 192 g/mol. The third kappa shape index (κ3) is 1.44. The lowest BCUT2D eigenvalue weighted by atomic mass is 10.0. The molecule has 1 aliphatic heterocycles. The number of hydrogen-bond acceptors (Lipinski definition) is 3. The lowest BCUT2D eigenvalue weighted by Gasteiger charge is -2.08. The molecule has 1 aromatic rings. The van der Waals surface area contributed by atoms with Gasteiger partial charge in [0.05, 0.1) is 13.0 Å². The van der Waals surface area contributed by atoms with Gasteiger partial charge in [0.25, 0.3) is 5.91 Å². The fourth-order valence-electron chi connectivity index (χ4n) is 1.69. The predicted molar refractivity (Wildman–Crippen MR) is 52.8 cm³/mol. The Balaban J connectivity index is 2.21. The van der Waals surface area contributed by atoms with E-state index in [0.717, 1.165) is 11.3 Å². The first-order valence-electron chi connectivity index (χ1n) is 4.48. The van der Waals surface area contributed by atoms with Crippen molar-refractivity contribution in [2.45, 2.75) is 5.92 Å². The van der Waals surface area contributed by atoms with Crippen molar-refractivity contribution in [1.29, 1.82) is 0 Å². The topological polar surface area (TPSA) is 50.4 Å². The zero-order valence-corrected chi connectivity index (χ0v) is 7.91. The highest BCUT2D eigenvalue weighted by atomic mass is 16.6. The summed E-state index contributed by atoms with van der Waals surface area (Å²) in [6.45, 7) is 0.633. The van der Waals surface area contributed by atoms with Gasteiger partial charge < -0.3 is 5.32 Å². The molecule has 0 radical (unpaired) electrons. The molecule has 1 aromatic carbocycles. The fourth-order valence-corrected chi connectivity index (χ4v) is 1.69. The molecule has 4 nitrogen and oxygen atoms in total. The van der Waals surface area contributed by atoms with E-state index in [0.29, 0.717) is 6.54 Å². The van der Waals surface area contributed by atoms with E-state index >= 15 is 0 Å². The first-order valence-corrected chi connectivity index (χ1v) is 4.48. The number of hydroxylamine groups is 1. The smallest absolute Gasteiger partial charge is 0.252 e. The van der Waals surface area contributed by atoms with Crippen LogP contribution in [0.15, 0.2) is 24.3 Å². The van der Waals surface area contributed by atoms with Crippen LogP contribution in [0.4, 0.5) is 5.69 Å². The van der Waals surface area contributed by atoms with E-state index in [-0.39, 0.29) is 11.8 Å². The second-order valence-electron chi connectivity index (χ2n) is 3.19. The minimum Gasteiger partial charge on any atom is -0.384 e. The number of nitrogens with one attached hydrogen (secondary N) is 2. The van der Waals surface area contributed by atoms with E-state index in [9.17, 15) is 4.79 Å². The fraction of sp³-hybridized carbons (Fsp3) is 0.300. The number of benzene rings is 1. The Kier molecular flexibility index (Phi) is 2.37. The molecule has 14 heavy (non-hydrogen) atoms. The van der Waals surface area contributed by atoms with Gasteiger partial charge in [-0.15, -0.1) is 0 Å². The van der Waals surface area contributed by atoms with E-state index in [2.05, 4.69) is 15.6 Å². The molecule has 2 rings (SSSR count). The quantitative estimate of drug-likeness (QED) is 0.684. The maximum atomic E-state index is 11.5. The second-order valence-corrected chi connectivity index (χ2v) is 3.19. The second kappa shape index (κ2) is 3.67. The summed E-state index contributed by atoms with van der Waals surface area (Å²) in [7, 11) is 1.44. The van der Waals surface area contributed by atoms with Crippen LogP contribution < -0.4 is 10.8 Å². The summed E-state index contributed by atoms with van der Waals surface area (Å²) < 4.78 is 0. The average molecular weight is 192 g/mol. The lowest BCUT2D eigenvalue weighted by molar-refractivity contribution is -0.132. The van der Waals surface area contributed by atoms with Crippen molar-refractivity contribution in [1.82, 2.24) is 5.48 Å². The SMILES string of the molecule is CONC(=O)C1CNc2ccccc21. The van der Waals surface area contributed by atoms with Crippen LogP contribution in [0.5, 0.6) is 0 Å². The van der Waals surface area contributed by atoms with Crippen molar-refractivity contribution in [3.05, 3.63) is 29.8 Å². The minimum absolute atomic E-state index is 0.107. The maximum Gasteiger partial charge on any atom is 0.252 e. The summed E-state index contributed by atoms with van der Waals surface area (Å²) in [5.74, 6) is -0.254. The van der Waals surface area contributed by atoms with Crippen LogP contribution in [-0.2, 0) is 9.63 Å². The molecule has 0 bridgehead atoms. The van der Waals surface area contributed by atoms with Gasteiger partial charge in [-0.3, -0.25) is 9.63 Å². The largest absolute Gasteiger partial charge is 0.384 e. The van der Waals surface area contributed by atoms with Crippen LogP contribution in [0.2, 0.25) is 0 Å². The Morgan fingerprint density at radius 1 is 1.57 bits per heavy atom. The lowest BCUT2D eigenvalue weighted by Crippen LogP contribution is -2.29. The van der Waals surface area contributed by atoms with Gasteiger partial charge in [-0.25, -0.2) is 5.48 Å². The molecular formula is C10H12N2O2. The Bertz CT molecular complexity index is 352. The summed E-state index contributed by atoms with van der Waals surface area (Å²) >= 11 is 0. The number of rotatable bonds is 2. The molecule has 0 aliphatic carbocycles. The van der Waals surface area contributed by atoms with Crippen molar-refractivity contribution in [2.75, 3.05) is 19.0 Å². The molecule has 0 saturated carbocycles. The molecule has 1 heterocycles. The van der Waals surface area contributed by atoms with Crippen LogP contribution in [-0.4, -0.2) is 19.6 Å². The van der Waals surface area contributed by atoms with Gasteiger partial charge in [-0.05, 0) is 11.6 Å². The molecular weight excluding hydrogens is 180 g/mol. The third-order valence-electron chi connectivity index (χ3n) is 2.35. The van der Waals surface area contributed by atoms with Gasteiger partial charge >= 0.3 is 0 Å². The Hall–Kier alpha value is -1.55. The van der Waals surface area contributed by atoms with Crippen molar-refractivity contribution < 1.29 is 9.63 Å². The summed E-state index contributed by atoms with van der Waals surface area (Å²) in [5, 5.41) is 3.17. The van der Waals surface area contributed by atoms with Gasteiger partial charge in [-0.1, -0.05) is 18.2 Å². The molecule has 0 spiro atoms. The average Bonchev–Trinajstić information content (AvgIpc) is 2.61. The van der Waals surface area contributed by atoms with E-state index in [1.54, 1.807) is 0 Å². The van der Waals surface area contributed by atoms with Crippen molar-refractivity contribution in [3.63, 3.8) is 0 Å². The summed E-state index contributed by atoms with van der Waals surface area (Å²) in [6.07, 6.45) is 0. The number of amides is 1. The molecule has 4 heteroatoms. The van der Waals surface area contributed by atoms with Gasteiger partial charge in [-0.2, -0.15) is 0 Å². The highest BCUT2D eigenvalue weighted by Gasteiger charge is 2.27. The normalized spacial score (nSPS) is 18.5. The van der Waals surface area contributed by atoms with Crippen LogP contribution >= 0.6 is 0 Å². The number of hydrogen-bond donors (Lipinski definition) is 2. The van der Waals surface area contributed by atoms with Crippen molar-refractivity contribution in [3.8, 4) is 0 Å². The number of fused-ring (bicyclic) bond motifs is 1. The molecule has 1 aliphatic rings. The molecule has 1 unspecified atom stereocenters. The third-order valence-corrected chi connectivity index (χ3v) is 2.35. The zero-order chi connectivity index (χ0) is 9.97. The molecule has 0 fully saturated rings. The van der Waals surface area contributed by atoms with Gasteiger partial charge in [0.15, 0.2) is 0 Å². The number of anilines is 1. The molecule has 2 N–H and O–H groups in total. The van der Waals surface area contributed by atoms with Gasteiger partial charge in [0, 0.05) is 12.2 Å². The van der Waals surface area contributed by atoms with Crippen LogP contribution in [0, 0.1) is 0 Å². The van der Waals surface area contributed by atoms with Gasteiger partial charge in [0.1, 0.15) is 0 Å². The Morgan fingerprint density at radius 2 is 2.36 bits per heavy atom. The van der Waals surface area contributed by atoms with Gasteiger partial charge in [0.2, 0.25) is 0 Å². The van der Waals surface area contributed by atoms with Crippen molar-refractivity contribution >= 4 is 11.6 Å². The standard InChI is InChI=1S/C10H12N2O2/c1-14-12-10(13)8-6-11-9-5-3-2-4-7(8)9/h2-5,8,11H,6H2,1H3,(H,12,13). The molecule has 1 amide bonds. The minimum atomic E-state index is -0.147. The van der Waals surface area contributed by atoms with E-state index < -0.39 is 0 Å². The van der Waals surface area contributed by atoms with E-state index in [4.69, 9.17) is 0 Å². The number of carbonyl (C=O) groups excluding carboxylic acids is 1. The predicted octanol–water partition coefficient (Wildman–Crippen LogP) is 0.873. The molecule has 0 aromatic heterocycles. The highest BCUT2D eigenvalue weighted by molar-refractivity contribution is 5.87. The first kappa shape index (κ1) is 9.02. The first-order chi connectivity index (χ1) is 6.83. The number of para-hydroxylation sites is 1. The Morgan fingerprint density at radius 3 is 3.14 bits per heavy atom. The van der Waals surface area contributed by atoms with Crippen molar-refractivity contribution in [2.24, 2.45) is 0 Å². The highest BCUT2D eigenvalue weighted by Crippen LogP contribution is 2.30. The van der Waals surface area contributed by atoms with E-state index in [1.807, 2.05) is 24.3 Å². The maximum absolute atomic E-state index is 11.5. The number of carbonyl (C=O) groups is 1. The molecule has 1 atom stereocenters. The van der Waals surface area contributed by atoms with E-state index in [1.165, 1.54) is 7.11 Å². The summed E-state index contributed by atoms with van der Waals surface area (Å²) in [4.78, 5) is 16.1. The zero-order valence-electron chi connectivity index (χ0n) is 7.91. The molecule has 0 saturated heterocycles. The van der Waals surface area contributed by atoms with Crippen LogP contribution in [0.25, 0.3) is 0 Å². The Labute approximate surface area is 82.2 Å². The van der Waals surface area contributed by atoms with Crippen LogP contribution in [0.1, 0.15) is 11.5 Å². The molecule has 74 valence electrons. The van der Waals surface area contributed by atoms with Crippen LogP contribution in [0.3, 0.4) is 0 Å². The summed E-state index contributed by atoms with van der Waals surface area (Å²) in [6, 6.07) is 7.80. The summed E-state index contributed by atoms with van der Waals surface area (Å²) in [5.41, 5.74) is 4.41.